The summed E-state index contributed by atoms with van der Waals surface area (Å²) in [5, 5.41) is 15.7. The van der Waals surface area contributed by atoms with E-state index >= 15 is 0 Å². The van der Waals surface area contributed by atoms with Crippen molar-refractivity contribution >= 4 is 17.7 Å². The molecular formula is C16H27N4O2+. The second-order valence-electron chi connectivity index (χ2n) is 5.50. The third-order valence-electron chi connectivity index (χ3n) is 3.42. The van der Waals surface area contributed by atoms with Crippen molar-refractivity contribution in [2.24, 2.45) is 0 Å². The Morgan fingerprint density at radius 3 is 2.32 bits per heavy atom. The van der Waals surface area contributed by atoms with Crippen LogP contribution >= 0.6 is 0 Å². The van der Waals surface area contributed by atoms with Crippen LogP contribution in [0.25, 0.3) is 0 Å². The molecule has 0 radical (unpaired) electrons. The molecule has 0 heterocycles. The van der Waals surface area contributed by atoms with E-state index in [1.807, 2.05) is 57.6 Å². The first-order chi connectivity index (χ1) is 10.3. The zero-order valence-electron chi connectivity index (χ0n) is 14.3. The number of phenolic OH excluding ortho intramolecular Hbond substituents is 1. The van der Waals surface area contributed by atoms with E-state index in [0.717, 1.165) is 17.5 Å². The zero-order valence-corrected chi connectivity index (χ0v) is 14.3. The molecule has 0 aromatic heterocycles. The van der Waals surface area contributed by atoms with E-state index < -0.39 is 0 Å². The quantitative estimate of drug-likeness (QED) is 0.453. The van der Waals surface area contributed by atoms with Gasteiger partial charge in [0.1, 0.15) is 5.75 Å². The fourth-order valence-electron chi connectivity index (χ4n) is 2.36. The Morgan fingerprint density at radius 2 is 1.86 bits per heavy atom. The van der Waals surface area contributed by atoms with Crippen molar-refractivity contribution < 1.29 is 14.5 Å². The fraction of sp³-hybridized carbons (Fsp3) is 0.500. The van der Waals surface area contributed by atoms with Gasteiger partial charge in [-0.05, 0) is 24.5 Å². The van der Waals surface area contributed by atoms with Gasteiger partial charge in [0.15, 0.2) is 0 Å². The number of carbonyl (C=O) groups is 1. The molecule has 1 aromatic carbocycles. The summed E-state index contributed by atoms with van der Waals surface area (Å²) in [7, 11) is 7.44. The molecule has 1 aromatic rings. The Hall–Kier alpha value is -2.24. The summed E-state index contributed by atoms with van der Waals surface area (Å²) in [4.78, 5) is 14.1. The Labute approximate surface area is 132 Å². The summed E-state index contributed by atoms with van der Waals surface area (Å²) in [6.07, 6.45) is 1.42. The van der Waals surface area contributed by atoms with Crippen LogP contribution in [0.5, 0.6) is 5.75 Å². The van der Waals surface area contributed by atoms with Crippen LogP contribution in [-0.4, -0.2) is 54.8 Å². The summed E-state index contributed by atoms with van der Waals surface area (Å²) in [6.45, 7) is 3.97. The lowest BCUT2D eigenvalue weighted by Crippen LogP contribution is -2.46. The largest absolute Gasteiger partial charge is 0.508 e. The van der Waals surface area contributed by atoms with Crippen LogP contribution in [0.4, 0.5) is 10.5 Å². The van der Waals surface area contributed by atoms with Crippen LogP contribution in [0, 0.1) is 0 Å². The fourth-order valence-corrected chi connectivity index (χ4v) is 2.36. The van der Waals surface area contributed by atoms with Crippen LogP contribution in [0.15, 0.2) is 12.1 Å². The van der Waals surface area contributed by atoms with Crippen LogP contribution in [0.3, 0.4) is 0 Å². The minimum atomic E-state index is -0.326. The van der Waals surface area contributed by atoms with Crippen molar-refractivity contribution in [1.29, 1.82) is 0 Å². The number of guanidine groups is 1. The predicted molar refractivity (Wildman–Crippen MR) is 89.8 cm³/mol. The topological polar surface area (TPSA) is 67.6 Å². The molecule has 6 heteroatoms. The highest BCUT2D eigenvalue weighted by molar-refractivity contribution is 6.01. The molecule has 0 aliphatic heterocycles. The van der Waals surface area contributed by atoms with Crippen molar-refractivity contribution in [2.45, 2.75) is 26.7 Å². The van der Waals surface area contributed by atoms with Gasteiger partial charge in [0.25, 0.3) is 0 Å². The minimum absolute atomic E-state index is 0.208. The number of anilines is 1. The van der Waals surface area contributed by atoms with Gasteiger partial charge in [0.2, 0.25) is 0 Å². The molecule has 0 fully saturated rings. The molecule has 3 N–H and O–H groups in total. The SMILES string of the molecule is CCc1ccc(O)c(CC)c1NC(=O)NC(N(C)C)=[N+](C)C. The number of aryl methyl sites for hydroxylation is 1. The average Bonchev–Trinajstić information content (AvgIpc) is 2.44. The van der Waals surface area contributed by atoms with Gasteiger partial charge >= 0.3 is 12.0 Å². The third-order valence-corrected chi connectivity index (χ3v) is 3.42. The molecule has 122 valence electrons. The molecule has 6 nitrogen and oxygen atoms in total. The number of hydrogen-bond donors (Lipinski definition) is 3. The average molecular weight is 307 g/mol. The second-order valence-corrected chi connectivity index (χ2v) is 5.50. The zero-order chi connectivity index (χ0) is 16.9. The summed E-state index contributed by atoms with van der Waals surface area (Å²) in [5.41, 5.74) is 2.45. The molecule has 2 amide bonds. The molecule has 0 aliphatic carbocycles. The van der Waals surface area contributed by atoms with Crippen LogP contribution in [-0.2, 0) is 12.8 Å². The highest BCUT2D eigenvalue weighted by Gasteiger charge is 2.19. The van der Waals surface area contributed by atoms with Crippen molar-refractivity contribution in [3.63, 3.8) is 0 Å². The van der Waals surface area contributed by atoms with Gasteiger partial charge in [-0.2, -0.15) is 5.32 Å². The van der Waals surface area contributed by atoms with Crippen LogP contribution in [0.2, 0.25) is 0 Å². The second kappa shape index (κ2) is 7.68. The van der Waals surface area contributed by atoms with Gasteiger partial charge < -0.3 is 5.11 Å². The number of phenols is 1. The van der Waals surface area contributed by atoms with E-state index in [1.54, 1.807) is 6.07 Å². The van der Waals surface area contributed by atoms with Gasteiger partial charge in [-0.1, -0.05) is 19.9 Å². The lowest BCUT2D eigenvalue weighted by molar-refractivity contribution is -0.471. The number of nitrogens with zero attached hydrogens (tertiary/aromatic N) is 2. The van der Waals surface area contributed by atoms with Crippen molar-refractivity contribution in [2.75, 3.05) is 33.5 Å². The molecule has 0 saturated heterocycles. The van der Waals surface area contributed by atoms with E-state index in [2.05, 4.69) is 10.6 Å². The number of rotatable bonds is 3. The standard InChI is InChI=1S/C16H26N4O2/c1-7-11-9-10-13(21)12(8-2)14(11)17-15(22)18-16(19(3)4)20(5)6/h9-10H,7-8H2,1-6H3,(H2,17,21,22)/p+1. The third kappa shape index (κ3) is 4.13. The first-order valence-electron chi connectivity index (χ1n) is 7.45. The van der Waals surface area contributed by atoms with E-state index in [4.69, 9.17) is 0 Å². The van der Waals surface area contributed by atoms with E-state index in [1.165, 1.54) is 0 Å². The highest BCUT2D eigenvalue weighted by Crippen LogP contribution is 2.30. The molecular weight excluding hydrogens is 280 g/mol. The Balaban J connectivity index is 3.07. The number of aromatic hydroxyl groups is 1. The number of carbonyl (C=O) groups excluding carboxylic acids is 1. The number of benzene rings is 1. The molecule has 22 heavy (non-hydrogen) atoms. The van der Waals surface area contributed by atoms with E-state index in [-0.39, 0.29) is 11.8 Å². The maximum atomic E-state index is 12.3. The maximum absolute atomic E-state index is 12.3. The van der Waals surface area contributed by atoms with E-state index in [0.29, 0.717) is 18.1 Å². The number of hydrogen-bond acceptors (Lipinski definition) is 2. The van der Waals surface area contributed by atoms with Crippen LogP contribution < -0.4 is 10.6 Å². The van der Waals surface area contributed by atoms with Gasteiger partial charge in [0, 0.05) is 5.56 Å². The smallest absolute Gasteiger partial charge is 0.384 e. The molecule has 0 aliphatic rings. The summed E-state index contributed by atoms with van der Waals surface area (Å²) in [5.74, 6) is 0.883. The van der Waals surface area contributed by atoms with Crippen molar-refractivity contribution in [3.8, 4) is 5.75 Å². The number of nitrogens with one attached hydrogen (secondary N) is 2. The lowest BCUT2D eigenvalue weighted by atomic mass is 10.0. The summed E-state index contributed by atoms with van der Waals surface area (Å²) in [6, 6.07) is 3.19. The molecule has 0 saturated carbocycles. The maximum Gasteiger partial charge on any atom is 0.384 e. The van der Waals surface area contributed by atoms with Crippen LogP contribution in [0.1, 0.15) is 25.0 Å². The van der Waals surface area contributed by atoms with E-state index in [9.17, 15) is 9.90 Å². The molecule has 0 atom stereocenters. The van der Waals surface area contributed by atoms with Gasteiger partial charge in [-0.15, -0.1) is 0 Å². The van der Waals surface area contributed by atoms with Gasteiger partial charge in [-0.3, -0.25) is 14.8 Å². The Morgan fingerprint density at radius 1 is 1.23 bits per heavy atom. The first kappa shape index (κ1) is 17.8. The summed E-state index contributed by atoms with van der Waals surface area (Å²) >= 11 is 0. The van der Waals surface area contributed by atoms with Gasteiger partial charge in [-0.25, -0.2) is 4.79 Å². The predicted octanol–water partition coefficient (Wildman–Crippen LogP) is 1.83. The highest BCUT2D eigenvalue weighted by atomic mass is 16.3. The number of amides is 2. The molecule has 1 rings (SSSR count). The van der Waals surface area contributed by atoms with Crippen molar-refractivity contribution in [1.82, 2.24) is 10.2 Å². The van der Waals surface area contributed by atoms with Crippen molar-refractivity contribution in [3.05, 3.63) is 23.3 Å². The first-order valence-corrected chi connectivity index (χ1v) is 7.45. The number of urea groups is 1. The Bertz CT molecular complexity index is 576. The molecule has 0 unspecified atom stereocenters. The monoisotopic (exact) mass is 307 g/mol. The summed E-state index contributed by atoms with van der Waals surface area (Å²) < 4.78 is 1.82. The normalized spacial score (nSPS) is 10.1. The van der Waals surface area contributed by atoms with Gasteiger partial charge in [0.05, 0.1) is 33.9 Å². The minimum Gasteiger partial charge on any atom is -0.508 e. The molecule has 0 spiro atoms. The molecule has 0 bridgehead atoms. The lowest BCUT2D eigenvalue weighted by Gasteiger charge is -2.16. The Kier molecular flexibility index (Phi) is 6.22.